The van der Waals surface area contributed by atoms with E-state index in [0.717, 1.165) is 44.4 Å². The summed E-state index contributed by atoms with van der Waals surface area (Å²) < 4.78 is 0. The monoisotopic (exact) mass is 314 g/mol. The molecule has 0 radical (unpaired) electrons. The molecule has 2 heteroatoms. The number of fused-ring (bicyclic) bond motifs is 5. The van der Waals surface area contributed by atoms with E-state index in [-0.39, 0.29) is 5.41 Å². The van der Waals surface area contributed by atoms with Crippen molar-refractivity contribution in [1.29, 1.82) is 0 Å². The van der Waals surface area contributed by atoms with Crippen LogP contribution in [-0.2, 0) is 4.79 Å². The molecule has 4 fully saturated rings. The topological polar surface area (TPSA) is 37.3 Å². The zero-order valence-electron chi connectivity index (χ0n) is 14.6. The number of aliphatic hydroxyl groups is 1. The van der Waals surface area contributed by atoms with Crippen LogP contribution in [0.4, 0.5) is 0 Å². The fraction of sp³-hybridized carbons (Fsp3) is 0.857. The number of ketones is 1. The fourth-order valence-electron chi connectivity index (χ4n) is 7.30. The van der Waals surface area contributed by atoms with Crippen molar-refractivity contribution in [3.05, 3.63) is 0 Å². The van der Waals surface area contributed by atoms with Gasteiger partial charge in [0.2, 0.25) is 0 Å². The van der Waals surface area contributed by atoms with Gasteiger partial charge in [0.15, 0.2) is 0 Å². The van der Waals surface area contributed by atoms with Crippen LogP contribution in [0.1, 0.15) is 71.6 Å². The second-order valence-corrected chi connectivity index (χ2v) is 9.40. The maximum Gasteiger partial charge on any atom is 0.133 e. The van der Waals surface area contributed by atoms with Gasteiger partial charge in [-0.05, 0) is 74.0 Å². The third-order valence-electron chi connectivity index (χ3n) is 8.87. The van der Waals surface area contributed by atoms with E-state index in [1.165, 1.54) is 19.3 Å². The average molecular weight is 314 g/mol. The van der Waals surface area contributed by atoms with Gasteiger partial charge in [0.25, 0.3) is 0 Å². The summed E-state index contributed by atoms with van der Waals surface area (Å²) in [7, 11) is 0. The Bertz CT molecular complexity index is 575. The minimum atomic E-state index is -0.900. The number of hydrogen-bond donors (Lipinski definition) is 1. The van der Waals surface area contributed by atoms with E-state index in [1.807, 2.05) is 0 Å². The Kier molecular flexibility index (Phi) is 3.31. The summed E-state index contributed by atoms with van der Waals surface area (Å²) in [6.07, 6.45) is 14.9. The molecule has 3 unspecified atom stereocenters. The van der Waals surface area contributed by atoms with Crippen molar-refractivity contribution in [2.75, 3.05) is 0 Å². The Labute approximate surface area is 140 Å². The second-order valence-electron chi connectivity index (χ2n) is 9.40. The summed E-state index contributed by atoms with van der Waals surface area (Å²) in [5.41, 5.74) is -0.658. The second kappa shape index (κ2) is 4.85. The van der Waals surface area contributed by atoms with Crippen LogP contribution < -0.4 is 0 Å². The first kappa shape index (κ1) is 15.7. The summed E-state index contributed by atoms with van der Waals surface area (Å²) in [6.45, 7) is 4.71. The van der Waals surface area contributed by atoms with Crippen LogP contribution in [-0.4, -0.2) is 16.5 Å². The third kappa shape index (κ3) is 1.89. The minimum absolute atomic E-state index is 0.101. The van der Waals surface area contributed by atoms with Gasteiger partial charge in [-0.3, -0.25) is 4.79 Å². The van der Waals surface area contributed by atoms with E-state index in [1.54, 1.807) is 0 Å². The molecule has 0 aromatic carbocycles. The zero-order chi connectivity index (χ0) is 16.5. The van der Waals surface area contributed by atoms with E-state index in [4.69, 9.17) is 6.42 Å². The Hall–Kier alpha value is -0.810. The van der Waals surface area contributed by atoms with Crippen molar-refractivity contribution in [2.45, 2.75) is 77.2 Å². The van der Waals surface area contributed by atoms with Gasteiger partial charge in [0.1, 0.15) is 11.4 Å². The maximum absolute atomic E-state index is 11.9. The smallest absolute Gasteiger partial charge is 0.133 e. The van der Waals surface area contributed by atoms with E-state index in [2.05, 4.69) is 19.8 Å². The first-order chi connectivity index (χ1) is 10.8. The van der Waals surface area contributed by atoms with Gasteiger partial charge in [-0.15, -0.1) is 6.42 Å². The molecule has 0 saturated heterocycles. The number of carbonyl (C=O) groups is 1. The number of carbonyl (C=O) groups excluding carboxylic acids is 1. The molecular formula is C21H30O2. The van der Waals surface area contributed by atoms with Gasteiger partial charge < -0.3 is 5.11 Å². The predicted octanol–water partition coefficient (Wildman–Crippen LogP) is 3.96. The van der Waals surface area contributed by atoms with Gasteiger partial charge in [-0.25, -0.2) is 0 Å². The van der Waals surface area contributed by atoms with Gasteiger partial charge in [0, 0.05) is 18.3 Å². The maximum atomic E-state index is 11.9. The first-order valence-electron chi connectivity index (χ1n) is 9.56. The molecule has 1 N–H and O–H groups in total. The Morgan fingerprint density at radius 1 is 1.09 bits per heavy atom. The molecule has 4 saturated carbocycles. The first-order valence-corrected chi connectivity index (χ1v) is 9.56. The Morgan fingerprint density at radius 2 is 1.83 bits per heavy atom. The molecule has 0 amide bonds. The van der Waals surface area contributed by atoms with Crippen LogP contribution >= 0.6 is 0 Å². The van der Waals surface area contributed by atoms with Crippen molar-refractivity contribution >= 4 is 5.78 Å². The Balaban J connectivity index is 1.66. The van der Waals surface area contributed by atoms with Crippen molar-refractivity contribution < 1.29 is 9.90 Å². The van der Waals surface area contributed by atoms with Crippen LogP contribution in [0.25, 0.3) is 0 Å². The summed E-state index contributed by atoms with van der Waals surface area (Å²) in [5, 5.41) is 11.0. The summed E-state index contributed by atoms with van der Waals surface area (Å²) in [4.78, 5) is 11.9. The molecule has 7 atom stereocenters. The van der Waals surface area contributed by atoms with Gasteiger partial charge in [-0.1, -0.05) is 19.8 Å². The molecule has 23 heavy (non-hydrogen) atoms. The minimum Gasteiger partial charge on any atom is -0.377 e. The highest BCUT2D eigenvalue weighted by atomic mass is 16.3. The van der Waals surface area contributed by atoms with Crippen LogP contribution in [0.3, 0.4) is 0 Å². The quantitative estimate of drug-likeness (QED) is 0.687. The highest BCUT2D eigenvalue weighted by Gasteiger charge is 2.64. The van der Waals surface area contributed by atoms with Crippen molar-refractivity contribution in [3.8, 4) is 12.3 Å². The third-order valence-corrected chi connectivity index (χ3v) is 8.87. The SMILES string of the molecule is C#C[C@]1(O)CCC2C3CC[C@H]4CC(=O)CC[C@]4(C)C3CC[C@@]21C. The normalized spacial score (nSPS) is 55.5. The summed E-state index contributed by atoms with van der Waals surface area (Å²) in [5.74, 6) is 5.83. The molecule has 0 aliphatic heterocycles. The van der Waals surface area contributed by atoms with Crippen molar-refractivity contribution in [2.24, 2.45) is 34.5 Å². The van der Waals surface area contributed by atoms with Gasteiger partial charge >= 0.3 is 0 Å². The fourth-order valence-corrected chi connectivity index (χ4v) is 7.30. The molecular weight excluding hydrogens is 284 g/mol. The molecule has 0 heterocycles. The molecule has 0 bridgehead atoms. The zero-order valence-corrected chi connectivity index (χ0v) is 14.6. The molecule has 0 spiro atoms. The summed E-state index contributed by atoms with van der Waals surface area (Å²) in [6, 6.07) is 0. The molecule has 2 nitrogen and oxygen atoms in total. The van der Waals surface area contributed by atoms with Crippen LogP contribution in [0, 0.1) is 46.8 Å². The van der Waals surface area contributed by atoms with E-state index in [9.17, 15) is 9.90 Å². The van der Waals surface area contributed by atoms with Crippen LogP contribution in [0.5, 0.6) is 0 Å². The lowest BCUT2D eigenvalue weighted by molar-refractivity contribution is -0.147. The van der Waals surface area contributed by atoms with Gasteiger partial charge in [-0.2, -0.15) is 0 Å². The molecule has 0 aromatic heterocycles. The molecule has 0 aromatic rings. The lowest BCUT2D eigenvalue weighted by Crippen LogP contribution is -2.56. The van der Waals surface area contributed by atoms with Crippen LogP contribution in [0.15, 0.2) is 0 Å². The standard InChI is InChI=1S/C21H30O2/c1-4-21(23)12-9-18-16-6-5-14-13-15(22)7-10-19(14,2)17(16)8-11-20(18,21)3/h1,14,16-18,23H,5-13H2,2-3H3/t14-,16?,17?,18?,19-,20-,21-/m0/s1. The largest absolute Gasteiger partial charge is 0.377 e. The van der Waals surface area contributed by atoms with Gasteiger partial charge in [0.05, 0.1) is 0 Å². The molecule has 126 valence electrons. The summed E-state index contributed by atoms with van der Waals surface area (Å²) >= 11 is 0. The highest BCUT2D eigenvalue weighted by molar-refractivity contribution is 5.79. The highest BCUT2D eigenvalue weighted by Crippen LogP contribution is 2.67. The van der Waals surface area contributed by atoms with Crippen molar-refractivity contribution in [3.63, 3.8) is 0 Å². The molecule has 4 rings (SSSR count). The lowest BCUT2D eigenvalue weighted by atomic mass is 9.44. The lowest BCUT2D eigenvalue weighted by Gasteiger charge is -2.60. The number of Topliss-reactive ketones (excluding diaryl/α,β-unsaturated/α-hetero) is 1. The number of terminal acetylenes is 1. The van der Waals surface area contributed by atoms with E-state index >= 15 is 0 Å². The number of rotatable bonds is 0. The molecule has 4 aliphatic rings. The van der Waals surface area contributed by atoms with E-state index in [0.29, 0.717) is 29.0 Å². The number of hydrogen-bond acceptors (Lipinski definition) is 2. The van der Waals surface area contributed by atoms with Crippen LogP contribution in [0.2, 0.25) is 0 Å². The predicted molar refractivity (Wildman–Crippen MR) is 90.5 cm³/mol. The Morgan fingerprint density at radius 3 is 2.57 bits per heavy atom. The van der Waals surface area contributed by atoms with E-state index < -0.39 is 5.60 Å². The van der Waals surface area contributed by atoms with Crippen molar-refractivity contribution in [1.82, 2.24) is 0 Å². The molecule has 4 aliphatic carbocycles. The average Bonchev–Trinajstić information content (AvgIpc) is 2.80.